The predicted octanol–water partition coefficient (Wildman–Crippen LogP) is 3.96. The number of carbonyl (C=O) groups excluding carboxylic acids is 1. The Kier molecular flexibility index (Phi) is 3.53. The van der Waals surface area contributed by atoms with Gasteiger partial charge in [-0.15, -0.1) is 0 Å². The summed E-state index contributed by atoms with van der Waals surface area (Å²) in [6.07, 6.45) is 10.8. The molecule has 4 rings (SSSR count). The maximum Gasteiger partial charge on any atom is 0.309 e. The molecule has 0 amide bonds. The number of aliphatic hydroxyl groups excluding tert-OH is 1. The molecule has 0 bridgehead atoms. The Labute approximate surface area is 145 Å². The van der Waals surface area contributed by atoms with Crippen LogP contribution in [0.2, 0.25) is 0 Å². The van der Waals surface area contributed by atoms with Crippen molar-refractivity contribution in [2.45, 2.75) is 65.4 Å². The van der Waals surface area contributed by atoms with Crippen LogP contribution in [0.25, 0.3) is 0 Å². The highest BCUT2D eigenvalue weighted by Gasteiger charge is 2.68. The van der Waals surface area contributed by atoms with Crippen LogP contribution in [-0.2, 0) is 9.53 Å². The molecular formula is C21H32O3. The van der Waals surface area contributed by atoms with Crippen molar-refractivity contribution in [2.24, 2.45) is 39.9 Å². The average Bonchev–Trinajstić information content (AvgIpc) is 2.49. The summed E-state index contributed by atoms with van der Waals surface area (Å²) >= 11 is 0. The van der Waals surface area contributed by atoms with Crippen molar-refractivity contribution in [1.29, 1.82) is 0 Å². The Hall–Kier alpha value is -0.830. The van der Waals surface area contributed by atoms with Gasteiger partial charge in [0.25, 0.3) is 0 Å². The number of carbonyl (C=O) groups is 1. The molecule has 0 aromatic heterocycles. The molecule has 0 aromatic carbocycles. The van der Waals surface area contributed by atoms with E-state index in [1.54, 1.807) is 0 Å². The lowest BCUT2D eigenvalue weighted by molar-refractivity contribution is -0.216. The highest BCUT2D eigenvalue weighted by Crippen LogP contribution is 2.72. The summed E-state index contributed by atoms with van der Waals surface area (Å²) in [5.74, 6) is 1.08. The molecule has 3 saturated carbocycles. The molecule has 1 spiro atoms. The molecule has 0 unspecified atom stereocenters. The van der Waals surface area contributed by atoms with Crippen LogP contribution in [0, 0.1) is 39.9 Å². The zero-order chi connectivity index (χ0) is 17.3. The number of aliphatic hydroxyl groups is 1. The van der Waals surface area contributed by atoms with Crippen LogP contribution in [0.15, 0.2) is 12.2 Å². The number of hydrogen-bond donors (Lipinski definition) is 1. The monoisotopic (exact) mass is 332 g/mol. The number of methoxy groups -OCH3 is 1. The van der Waals surface area contributed by atoms with E-state index in [9.17, 15) is 9.90 Å². The topological polar surface area (TPSA) is 46.5 Å². The first-order valence-electron chi connectivity index (χ1n) is 9.72. The van der Waals surface area contributed by atoms with E-state index in [2.05, 4.69) is 32.9 Å². The Morgan fingerprint density at radius 1 is 1.17 bits per heavy atom. The highest BCUT2D eigenvalue weighted by atomic mass is 16.5. The number of esters is 1. The largest absolute Gasteiger partial charge is 0.469 e. The molecule has 0 radical (unpaired) electrons. The Balaban J connectivity index is 1.74. The van der Waals surface area contributed by atoms with E-state index in [-0.39, 0.29) is 34.7 Å². The van der Waals surface area contributed by atoms with Gasteiger partial charge in [-0.3, -0.25) is 4.79 Å². The second-order valence-corrected chi connectivity index (χ2v) is 9.80. The smallest absolute Gasteiger partial charge is 0.309 e. The zero-order valence-electron chi connectivity index (χ0n) is 15.5. The number of fused-ring (bicyclic) bond motifs is 2. The fourth-order valence-corrected chi connectivity index (χ4v) is 7.52. The third kappa shape index (κ3) is 1.85. The second-order valence-electron chi connectivity index (χ2n) is 9.80. The van der Waals surface area contributed by atoms with Crippen molar-refractivity contribution in [1.82, 2.24) is 0 Å². The van der Waals surface area contributed by atoms with Gasteiger partial charge in [0.15, 0.2) is 0 Å². The van der Waals surface area contributed by atoms with Gasteiger partial charge in [0.1, 0.15) is 0 Å². The molecule has 3 fully saturated rings. The SMILES string of the molecule is COC(=O)[C@H]1CC[C@@H]2[C@@]3(C)CCCC(C)(C)[C@@H]3C[C@@H](O)[C@]23C=C[C@H]13. The first-order chi connectivity index (χ1) is 11.3. The van der Waals surface area contributed by atoms with E-state index in [0.29, 0.717) is 17.3 Å². The van der Waals surface area contributed by atoms with Crippen LogP contribution >= 0.6 is 0 Å². The van der Waals surface area contributed by atoms with Gasteiger partial charge in [-0.1, -0.05) is 39.3 Å². The van der Waals surface area contributed by atoms with Gasteiger partial charge in [-0.25, -0.2) is 0 Å². The summed E-state index contributed by atoms with van der Waals surface area (Å²) < 4.78 is 5.06. The number of hydrogen-bond acceptors (Lipinski definition) is 3. The van der Waals surface area contributed by atoms with Crippen molar-refractivity contribution in [3.8, 4) is 0 Å². The molecule has 0 heterocycles. The Morgan fingerprint density at radius 2 is 1.92 bits per heavy atom. The van der Waals surface area contributed by atoms with Gasteiger partial charge in [0.05, 0.1) is 19.1 Å². The summed E-state index contributed by atoms with van der Waals surface area (Å²) in [4.78, 5) is 12.3. The molecule has 3 nitrogen and oxygen atoms in total. The number of allylic oxidation sites excluding steroid dienone is 1. The van der Waals surface area contributed by atoms with Gasteiger partial charge in [-0.05, 0) is 54.8 Å². The van der Waals surface area contributed by atoms with Crippen LogP contribution in [0.5, 0.6) is 0 Å². The number of ether oxygens (including phenoxy) is 1. The van der Waals surface area contributed by atoms with E-state index in [4.69, 9.17) is 4.74 Å². The average molecular weight is 332 g/mol. The van der Waals surface area contributed by atoms with Crippen molar-refractivity contribution in [3.05, 3.63) is 12.2 Å². The summed E-state index contributed by atoms with van der Waals surface area (Å²) in [7, 11) is 1.49. The highest BCUT2D eigenvalue weighted by molar-refractivity contribution is 5.74. The van der Waals surface area contributed by atoms with Crippen LogP contribution in [0.3, 0.4) is 0 Å². The standard InChI is InChI=1S/C21H32O3/c1-19(2)9-5-10-20(3)15-7-6-13(18(23)24-4)14-8-11-21(14,15)17(22)12-16(19)20/h8,11,13-17,22H,5-7,9-10,12H2,1-4H3/t13-,14+,15+,16-,17+,20+,21-/m0/s1. The molecule has 4 aliphatic rings. The van der Waals surface area contributed by atoms with Crippen molar-refractivity contribution in [3.63, 3.8) is 0 Å². The molecule has 1 N–H and O–H groups in total. The Morgan fingerprint density at radius 3 is 2.54 bits per heavy atom. The van der Waals surface area contributed by atoms with Gasteiger partial charge >= 0.3 is 5.97 Å². The first-order valence-corrected chi connectivity index (χ1v) is 9.72. The van der Waals surface area contributed by atoms with Crippen LogP contribution in [0.4, 0.5) is 0 Å². The summed E-state index contributed by atoms with van der Waals surface area (Å²) in [5.41, 5.74) is 0.401. The van der Waals surface area contributed by atoms with Gasteiger partial charge in [0.2, 0.25) is 0 Å². The molecule has 0 saturated heterocycles. The van der Waals surface area contributed by atoms with E-state index >= 15 is 0 Å². The second kappa shape index (κ2) is 5.09. The van der Waals surface area contributed by atoms with Crippen molar-refractivity contribution >= 4 is 5.97 Å². The zero-order valence-corrected chi connectivity index (χ0v) is 15.5. The molecule has 0 aliphatic heterocycles. The fraction of sp³-hybridized carbons (Fsp3) is 0.857. The first kappa shape index (κ1) is 16.6. The quantitative estimate of drug-likeness (QED) is 0.584. The van der Waals surface area contributed by atoms with E-state index in [0.717, 1.165) is 19.3 Å². The fourth-order valence-electron chi connectivity index (χ4n) is 7.52. The lowest BCUT2D eigenvalue weighted by atomic mass is 9.35. The molecular weight excluding hydrogens is 300 g/mol. The van der Waals surface area contributed by atoms with Gasteiger partial charge in [0, 0.05) is 11.3 Å². The summed E-state index contributed by atoms with van der Waals surface area (Å²) in [5, 5.41) is 11.2. The number of rotatable bonds is 1. The van der Waals surface area contributed by atoms with E-state index in [1.165, 1.54) is 26.4 Å². The minimum Gasteiger partial charge on any atom is -0.469 e. The predicted molar refractivity (Wildman–Crippen MR) is 93.1 cm³/mol. The molecule has 4 aliphatic carbocycles. The molecule has 134 valence electrons. The Bertz CT molecular complexity index is 580. The lowest BCUT2D eigenvalue weighted by Crippen LogP contribution is -2.67. The maximum absolute atomic E-state index is 12.3. The van der Waals surface area contributed by atoms with E-state index in [1.807, 2.05) is 0 Å². The lowest BCUT2D eigenvalue weighted by Gasteiger charge is -2.69. The van der Waals surface area contributed by atoms with E-state index < -0.39 is 0 Å². The molecule has 0 aromatic rings. The molecule has 3 heteroatoms. The molecule has 7 atom stereocenters. The third-order valence-corrected chi connectivity index (χ3v) is 8.59. The van der Waals surface area contributed by atoms with Gasteiger partial charge in [-0.2, -0.15) is 0 Å². The summed E-state index contributed by atoms with van der Waals surface area (Å²) in [6.45, 7) is 7.28. The minimum absolute atomic E-state index is 0.0670. The molecule has 24 heavy (non-hydrogen) atoms. The third-order valence-electron chi connectivity index (χ3n) is 8.59. The van der Waals surface area contributed by atoms with Crippen molar-refractivity contribution in [2.75, 3.05) is 7.11 Å². The maximum atomic E-state index is 12.3. The van der Waals surface area contributed by atoms with Gasteiger partial charge < -0.3 is 9.84 Å². The summed E-state index contributed by atoms with van der Waals surface area (Å²) in [6, 6.07) is 0. The van der Waals surface area contributed by atoms with Crippen LogP contribution < -0.4 is 0 Å². The van der Waals surface area contributed by atoms with Crippen molar-refractivity contribution < 1.29 is 14.6 Å². The van der Waals surface area contributed by atoms with Crippen LogP contribution in [-0.4, -0.2) is 24.3 Å². The normalized spacial score (nSPS) is 51.6. The minimum atomic E-state index is -0.319. The van der Waals surface area contributed by atoms with Crippen LogP contribution in [0.1, 0.15) is 59.3 Å².